The molecule has 0 saturated carbocycles. The average Bonchev–Trinajstić information content (AvgIpc) is 2.48. The molecule has 0 aromatic heterocycles. The fraction of sp³-hybridized carbons (Fsp3) is 0.176. The van der Waals surface area contributed by atoms with E-state index in [1.165, 1.54) is 0 Å². The fourth-order valence-electron chi connectivity index (χ4n) is 1.75. The molecule has 4 heteroatoms. The summed E-state index contributed by atoms with van der Waals surface area (Å²) in [5.74, 6) is -0.322. The van der Waals surface area contributed by atoms with E-state index in [0.29, 0.717) is 16.9 Å². The molecular formula is C17H18N2O2. The van der Waals surface area contributed by atoms with Gasteiger partial charge in [-0.15, -0.1) is 0 Å². The van der Waals surface area contributed by atoms with Crippen LogP contribution in [0.15, 0.2) is 54.6 Å². The highest BCUT2D eigenvalue weighted by atomic mass is 16.2. The van der Waals surface area contributed by atoms with Gasteiger partial charge in [-0.05, 0) is 30.3 Å². The van der Waals surface area contributed by atoms with Crippen LogP contribution in [0.4, 0.5) is 11.4 Å². The van der Waals surface area contributed by atoms with Gasteiger partial charge in [-0.1, -0.05) is 38.1 Å². The maximum Gasteiger partial charge on any atom is 0.255 e. The van der Waals surface area contributed by atoms with E-state index in [9.17, 15) is 9.59 Å². The molecule has 21 heavy (non-hydrogen) atoms. The van der Waals surface area contributed by atoms with Crippen LogP contribution in [0.1, 0.15) is 24.2 Å². The van der Waals surface area contributed by atoms with Crippen molar-refractivity contribution < 1.29 is 9.59 Å². The third-order valence-corrected chi connectivity index (χ3v) is 2.95. The lowest BCUT2D eigenvalue weighted by molar-refractivity contribution is -0.118. The van der Waals surface area contributed by atoms with Gasteiger partial charge in [-0.25, -0.2) is 0 Å². The number of hydrogen-bond donors (Lipinski definition) is 2. The van der Waals surface area contributed by atoms with Gasteiger partial charge in [-0.3, -0.25) is 9.59 Å². The Bertz CT molecular complexity index is 636. The first-order chi connectivity index (χ1) is 10.1. The molecule has 0 aliphatic heterocycles. The van der Waals surface area contributed by atoms with Gasteiger partial charge >= 0.3 is 0 Å². The van der Waals surface area contributed by atoms with Crippen molar-refractivity contribution in [2.75, 3.05) is 10.6 Å². The van der Waals surface area contributed by atoms with Gasteiger partial charge in [0.25, 0.3) is 5.91 Å². The van der Waals surface area contributed by atoms with Crippen LogP contribution in [-0.2, 0) is 4.79 Å². The minimum Gasteiger partial charge on any atom is -0.326 e. The molecule has 0 atom stereocenters. The van der Waals surface area contributed by atoms with Crippen LogP contribution in [0.2, 0.25) is 0 Å². The van der Waals surface area contributed by atoms with E-state index >= 15 is 0 Å². The lowest BCUT2D eigenvalue weighted by Crippen LogP contribution is -2.18. The summed E-state index contributed by atoms with van der Waals surface area (Å²) < 4.78 is 0. The molecule has 0 aliphatic rings. The van der Waals surface area contributed by atoms with Crippen molar-refractivity contribution in [3.63, 3.8) is 0 Å². The van der Waals surface area contributed by atoms with Crippen molar-refractivity contribution in [2.24, 2.45) is 5.92 Å². The molecule has 2 aromatic carbocycles. The minimum atomic E-state index is -0.178. The second-order valence-corrected chi connectivity index (χ2v) is 5.04. The van der Waals surface area contributed by atoms with Crippen molar-refractivity contribution >= 4 is 23.2 Å². The normalized spacial score (nSPS) is 10.2. The summed E-state index contributed by atoms with van der Waals surface area (Å²) in [6.45, 7) is 3.66. The highest BCUT2D eigenvalue weighted by molar-refractivity contribution is 6.04. The number of rotatable bonds is 4. The van der Waals surface area contributed by atoms with Gasteiger partial charge in [0, 0.05) is 22.9 Å². The summed E-state index contributed by atoms with van der Waals surface area (Å²) in [5.41, 5.74) is 1.90. The van der Waals surface area contributed by atoms with Crippen molar-refractivity contribution in [1.82, 2.24) is 0 Å². The standard InChI is InChI=1S/C17H18N2O2/c1-12(2)16(20)18-14-9-6-10-15(11-14)19-17(21)13-7-4-3-5-8-13/h3-12H,1-2H3,(H,18,20)(H,19,21). The molecule has 108 valence electrons. The van der Waals surface area contributed by atoms with Crippen molar-refractivity contribution in [1.29, 1.82) is 0 Å². The monoisotopic (exact) mass is 282 g/mol. The van der Waals surface area contributed by atoms with Gasteiger partial charge in [0.2, 0.25) is 5.91 Å². The first-order valence-corrected chi connectivity index (χ1v) is 6.83. The Morgan fingerprint density at radius 1 is 0.857 bits per heavy atom. The minimum absolute atomic E-state index is 0.0541. The number of nitrogens with one attached hydrogen (secondary N) is 2. The summed E-state index contributed by atoms with van der Waals surface area (Å²) in [6.07, 6.45) is 0. The Morgan fingerprint density at radius 2 is 1.48 bits per heavy atom. The quantitative estimate of drug-likeness (QED) is 0.901. The molecule has 0 aliphatic carbocycles. The second-order valence-electron chi connectivity index (χ2n) is 5.04. The maximum absolute atomic E-state index is 12.1. The molecule has 0 spiro atoms. The van der Waals surface area contributed by atoms with E-state index in [2.05, 4.69) is 10.6 Å². The average molecular weight is 282 g/mol. The number of anilines is 2. The van der Waals surface area contributed by atoms with Gasteiger partial charge in [0.1, 0.15) is 0 Å². The topological polar surface area (TPSA) is 58.2 Å². The van der Waals surface area contributed by atoms with Crippen LogP contribution in [0.5, 0.6) is 0 Å². The van der Waals surface area contributed by atoms with E-state index in [1.807, 2.05) is 32.0 Å². The zero-order chi connectivity index (χ0) is 15.2. The molecule has 2 rings (SSSR count). The molecule has 4 nitrogen and oxygen atoms in total. The van der Waals surface area contributed by atoms with Crippen LogP contribution >= 0.6 is 0 Å². The second kappa shape index (κ2) is 6.70. The van der Waals surface area contributed by atoms with Gasteiger partial charge < -0.3 is 10.6 Å². The van der Waals surface area contributed by atoms with Crippen LogP contribution < -0.4 is 10.6 Å². The number of benzene rings is 2. The Labute approximate surface area is 124 Å². The first-order valence-electron chi connectivity index (χ1n) is 6.83. The smallest absolute Gasteiger partial charge is 0.255 e. The van der Waals surface area contributed by atoms with Crippen molar-refractivity contribution in [3.05, 3.63) is 60.2 Å². The van der Waals surface area contributed by atoms with Crippen LogP contribution in [-0.4, -0.2) is 11.8 Å². The highest BCUT2D eigenvalue weighted by Crippen LogP contribution is 2.16. The summed E-state index contributed by atoms with van der Waals surface area (Å²) >= 11 is 0. The van der Waals surface area contributed by atoms with E-state index in [4.69, 9.17) is 0 Å². The summed E-state index contributed by atoms with van der Waals surface area (Å²) in [6, 6.07) is 16.1. The molecular weight excluding hydrogens is 264 g/mol. The number of hydrogen-bond acceptors (Lipinski definition) is 2. The summed E-state index contributed by atoms with van der Waals surface area (Å²) in [7, 11) is 0. The van der Waals surface area contributed by atoms with E-state index in [0.717, 1.165) is 0 Å². The van der Waals surface area contributed by atoms with Crippen LogP contribution in [0, 0.1) is 5.92 Å². The van der Waals surface area contributed by atoms with E-state index in [1.54, 1.807) is 36.4 Å². The maximum atomic E-state index is 12.1. The Morgan fingerprint density at radius 3 is 2.10 bits per heavy atom. The van der Waals surface area contributed by atoms with Crippen LogP contribution in [0.25, 0.3) is 0 Å². The van der Waals surface area contributed by atoms with Crippen LogP contribution in [0.3, 0.4) is 0 Å². The summed E-state index contributed by atoms with van der Waals surface area (Å²) in [4.78, 5) is 23.7. The predicted molar refractivity (Wildman–Crippen MR) is 84.3 cm³/mol. The predicted octanol–water partition coefficient (Wildman–Crippen LogP) is 3.53. The molecule has 0 fully saturated rings. The largest absolute Gasteiger partial charge is 0.326 e. The molecule has 0 saturated heterocycles. The van der Waals surface area contributed by atoms with Gasteiger partial charge in [0.05, 0.1) is 0 Å². The van der Waals surface area contributed by atoms with Gasteiger partial charge in [-0.2, -0.15) is 0 Å². The Balaban J connectivity index is 2.08. The Hall–Kier alpha value is -2.62. The third-order valence-electron chi connectivity index (χ3n) is 2.95. The number of amides is 2. The SMILES string of the molecule is CC(C)C(=O)Nc1cccc(NC(=O)c2ccccc2)c1. The molecule has 0 heterocycles. The molecule has 0 unspecified atom stereocenters. The molecule has 2 amide bonds. The van der Waals surface area contributed by atoms with Gasteiger partial charge in [0.15, 0.2) is 0 Å². The molecule has 2 N–H and O–H groups in total. The number of carbonyl (C=O) groups excluding carboxylic acids is 2. The van der Waals surface area contributed by atoms with E-state index < -0.39 is 0 Å². The van der Waals surface area contributed by atoms with Crippen molar-refractivity contribution in [3.8, 4) is 0 Å². The number of carbonyl (C=O) groups is 2. The third kappa shape index (κ3) is 4.18. The van der Waals surface area contributed by atoms with Crippen molar-refractivity contribution in [2.45, 2.75) is 13.8 Å². The lowest BCUT2D eigenvalue weighted by atomic mass is 10.2. The first kappa shape index (κ1) is 14.8. The zero-order valence-electron chi connectivity index (χ0n) is 12.1. The zero-order valence-corrected chi connectivity index (χ0v) is 12.1. The lowest BCUT2D eigenvalue weighted by Gasteiger charge is -2.10. The van der Waals surface area contributed by atoms with E-state index in [-0.39, 0.29) is 17.7 Å². The Kier molecular flexibility index (Phi) is 4.72. The fourth-order valence-corrected chi connectivity index (χ4v) is 1.75. The molecule has 0 radical (unpaired) electrons. The summed E-state index contributed by atoms with van der Waals surface area (Å²) in [5, 5.41) is 5.62. The highest BCUT2D eigenvalue weighted by Gasteiger charge is 2.08. The molecule has 0 bridgehead atoms. The molecule has 2 aromatic rings.